The number of ether oxygens (including phenoxy) is 3. The van der Waals surface area contributed by atoms with Gasteiger partial charge in [0.1, 0.15) is 18.0 Å². The maximum absolute atomic E-state index is 13.8. The van der Waals surface area contributed by atoms with Crippen LogP contribution in [0.15, 0.2) is 45.8 Å². The number of carbonyl (C=O) groups excluding carboxylic acids is 3. The molecule has 1 aromatic rings. The van der Waals surface area contributed by atoms with E-state index < -0.39 is 29.0 Å². The molecule has 0 aromatic carbocycles. The van der Waals surface area contributed by atoms with Crippen molar-refractivity contribution < 1.29 is 33.0 Å². The Labute approximate surface area is 205 Å². The van der Waals surface area contributed by atoms with Crippen molar-refractivity contribution in [1.82, 2.24) is 0 Å². The third-order valence-electron chi connectivity index (χ3n) is 9.47. The van der Waals surface area contributed by atoms with Gasteiger partial charge >= 0.3 is 11.9 Å². The SMILES string of the molecule is COC(=O)C[C@H]1[C@]2(C)C3=C(C)[C@H](c4ccoc4)C[C@@H]3O[C@@H]2[C@H](OC(C)=O)[C@H]2C(C)=CCC(=O)[C@]12C. The first kappa shape index (κ1) is 24.0. The average Bonchev–Trinajstić information content (AvgIpc) is 3.50. The first-order valence-electron chi connectivity index (χ1n) is 12.4. The van der Waals surface area contributed by atoms with E-state index in [9.17, 15) is 14.4 Å². The summed E-state index contributed by atoms with van der Waals surface area (Å²) in [4.78, 5) is 38.9. The van der Waals surface area contributed by atoms with Gasteiger partial charge in [-0.1, -0.05) is 31.1 Å². The van der Waals surface area contributed by atoms with Crippen molar-refractivity contribution >= 4 is 17.7 Å². The van der Waals surface area contributed by atoms with Crippen LogP contribution in [-0.4, -0.2) is 43.1 Å². The van der Waals surface area contributed by atoms with Gasteiger partial charge in [-0.15, -0.1) is 0 Å². The van der Waals surface area contributed by atoms with Crippen molar-refractivity contribution in [3.05, 3.63) is 47.0 Å². The monoisotopic (exact) mass is 482 g/mol. The molecule has 4 aliphatic rings. The van der Waals surface area contributed by atoms with Crippen LogP contribution in [0.2, 0.25) is 0 Å². The molecule has 188 valence electrons. The number of rotatable bonds is 4. The Balaban J connectivity index is 1.73. The Morgan fingerprint density at radius 2 is 1.94 bits per heavy atom. The van der Waals surface area contributed by atoms with E-state index in [4.69, 9.17) is 18.6 Å². The zero-order valence-corrected chi connectivity index (χ0v) is 21.3. The number of hydrogen-bond donors (Lipinski definition) is 0. The third-order valence-corrected chi connectivity index (χ3v) is 9.47. The summed E-state index contributed by atoms with van der Waals surface area (Å²) in [5, 5.41) is 0. The molecule has 7 heteroatoms. The van der Waals surface area contributed by atoms with E-state index >= 15 is 0 Å². The Morgan fingerprint density at radius 3 is 2.57 bits per heavy atom. The van der Waals surface area contributed by atoms with Crippen molar-refractivity contribution in [1.29, 1.82) is 0 Å². The number of esters is 2. The molecule has 1 saturated carbocycles. The van der Waals surface area contributed by atoms with Crippen molar-refractivity contribution in [2.24, 2.45) is 22.7 Å². The van der Waals surface area contributed by atoms with E-state index in [1.165, 1.54) is 19.6 Å². The number of fused-ring (bicyclic) bond motifs is 4. The zero-order chi connectivity index (χ0) is 25.3. The maximum Gasteiger partial charge on any atom is 0.305 e. The fourth-order valence-electron chi connectivity index (χ4n) is 8.03. The van der Waals surface area contributed by atoms with Crippen LogP contribution < -0.4 is 0 Å². The molecule has 0 unspecified atom stereocenters. The van der Waals surface area contributed by atoms with Crippen molar-refractivity contribution in [3.63, 3.8) is 0 Å². The largest absolute Gasteiger partial charge is 0.472 e. The zero-order valence-electron chi connectivity index (χ0n) is 21.3. The highest BCUT2D eigenvalue weighted by molar-refractivity contribution is 5.90. The van der Waals surface area contributed by atoms with Gasteiger partial charge in [-0.3, -0.25) is 14.4 Å². The predicted octanol–water partition coefficient (Wildman–Crippen LogP) is 4.52. The summed E-state index contributed by atoms with van der Waals surface area (Å²) >= 11 is 0. The van der Waals surface area contributed by atoms with Crippen LogP contribution >= 0.6 is 0 Å². The average molecular weight is 483 g/mol. The molecule has 0 bridgehead atoms. The molecule has 2 fully saturated rings. The molecule has 8 atom stereocenters. The van der Waals surface area contributed by atoms with Crippen molar-refractivity contribution in [3.8, 4) is 0 Å². The number of carbonyl (C=O) groups is 3. The second kappa shape index (κ2) is 8.19. The summed E-state index contributed by atoms with van der Waals surface area (Å²) in [5.41, 5.74) is 2.77. The molecule has 0 radical (unpaired) electrons. The van der Waals surface area contributed by atoms with Crippen molar-refractivity contribution in [2.75, 3.05) is 7.11 Å². The molecule has 2 heterocycles. The van der Waals surface area contributed by atoms with Gasteiger partial charge in [0.25, 0.3) is 0 Å². The Hall–Kier alpha value is -2.67. The lowest BCUT2D eigenvalue weighted by Crippen LogP contribution is -2.66. The first-order chi connectivity index (χ1) is 16.5. The van der Waals surface area contributed by atoms with Crippen LogP contribution in [0.1, 0.15) is 65.4 Å². The Kier molecular flexibility index (Phi) is 5.62. The molecule has 1 aliphatic heterocycles. The lowest BCUT2D eigenvalue weighted by Gasteiger charge is -2.60. The van der Waals surface area contributed by atoms with E-state index in [2.05, 4.69) is 13.8 Å². The van der Waals surface area contributed by atoms with Gasteiger partial charge in [0.05, 0.1) is 32.2 Å². The topological polar surface area (TPSA) is 92.0 Å². The molecule has 1 saturated heterocycles. The molecule has 3 aliphatic carbocycles. The fourth-order valence-corrected chi connectivity index (χ4v) is 8.03. The third kappa shape index (κ3) is 3.23. The fraction of sp³-hybridized carbons (Fsp3) is 0.607. The molecule has 35 heavy (non-hydrogen) atoms. The summed E-state index contributed by atoms with van der Waals surface area (Å²) < 4.78 is 23.2. The van der Waals surface area contributed by atoms with Gasteiger partial charge in [0, 0.05) is 36.0 Å². The minimum Gasteiger partial charge on any atom is -0.472 e. The van der Waals surface area contributed by atoms with E-state index in [-0.39, 0.29) is 42.0 Å². The Bertz CT molecular complexity index is 1130. The van der Waals surface area contributed by atoms with Gasteiger partial charge in [0.2, 0.25) is 0 Å². The van der Waals surface area contributed by atoms with E-state index in [0.717, 1.165) is 23.1 Å². The second-order valence-electron chi connectivity index (χ2n) is 11.0. The van der Waals surface area contributed by atoms with Crippen LogP contribution in [0.3, 0.4) is 0 Å². The van der Waals surface area contributed by atoms with Crippen molar-refractivity contribution in [2.45, 2.75) is 78.1 Å². The summed E-state index contributed by atoms with van der Waals surface area (Å²) in [6.07, 6.45) is 5.20. The molecule has 0 spiro atoms. The van der Waals surface area contributed by atoms with E-state index in [1.807, 2.05) is 26.0 Å². The molecule has 5 rings (SSSR count). The van der Waals surface area contributed by atoms with Gasteiger partial charge in [-0.25, -0.2) is 0 Å². The normalized spacial score (nSPS) is 40.1. The number of ketones is 1. The number of hydrogen-bond acceptors (Lipinski definition) is 7. The van der Waals surface area contributed by atoms with Crippen LogP contribution in [0.5, 0.6) is 0 Å². The number of methoxy groups -OCH3 is 1. The van der Waals surface area contributed by atoms with Crippen LogP contribution in [0, 0.1) is 22.7 Å². The highest BCUT2D eigenvalue weighted by atomic mass is 16.6. The number of Topliss-reactive ketones (excluding diaryl/α,β-unsaturated/α-hetero) is 1. The molecule has 1 aromatic heterocycles. The van der Waals surface area contributed by atoms with Gasteiger partial charge < -0.3 is 18.6 Å². The second-order valence-corrected chi connectivity index (χ2v) is 11.0. The minimum atomic E-state index is -0.919. The first-order valence-corrected chi connectivity index (χ1v) is 12.4. The lowest BCUT2D eigenvalue weighted by atomic mass is 9.44. The lowest BCUT2D eigenvalue weighted by molar-refractivity contribution is -0.205. The summed E-state index contributed by atoms with van der Waals surface area (Å²) in [5.74, 6) is -1.31. The van der Waals surface area contributed by atoms with Crippen LogP contribution in [-0.2, 0) is 28.6 Å². The predicted molar refractivity (Wildman–Crippen MR) is 126 cm³/mol. The molecular weight excluding hydrogens is 448 g/mol. The van der Waals surface area contributed by atoms with Gasteiger partial charge in [-0.05, 0) is 43.4 Å². The van der Waals surface area contributed by atoms with Crippen LogP contribution in [0.4, 0.5) is 0 Å². The summed E-state index contributed by atoms with van der Waals surface area (Å²) in [6, 6.07) is 1.97. The standard InChI is InChI=1S/C28H34O7/c1-14-7-8-21(30)27(4)20(12-22(31)32-6)28(5)24-15(2)18(17-9-10-33-13-17)11-19(24)35-26(28)25(23(14)27)34-16(3)29/h7,9-10,13,18-20,23,25-26H,8,11-12H2,1-6H3/t18-,19+,20-,23-,25-,26-,27+,28-/m1/s1. The quantitative estimate of drug-likeness (QED) is 0.460. The number of furan rings is 1. The molecule has 0 N–H and O–H groups in total. The molecule has 0 amide bonds. The van der Waals surface area contributed by atoms with Crippen LogP contribution in [0.25, 0.3) is 0 Å². The smallest absolute Gasteiger partial charge is 0.305 e. The van der Waals surface area contributed by atoms with E-state index in [0.29, 0.717) is 6.42 Å². The number of allylic oxidation sites excluding steroid dienone is 2. The summed E-state index contributed by atoms with van der Waals surface area (Å²) in [7, 11) is 1.38. The maximum atomic E-state index is 13.8. The Morgan fingerprint density at radius 1 is 1.20 bits per heavy atom. The van der Waals surface area contributed by atoms with Gasteiger partial charge in [-0.2, -0.15) is 0 Å². The molecular formula is C28H34O7. The summed E-state index contributed by atoms with van der Waals surface area (Å²) in [6.45, 7) is 9.55. The minimum absolute atomic E-state index is 0.0601. The van der Waals surface area contributed by atoms with E-state index in [1.54, 1.807) is 12.5 Å². The highest BCUT2D eigenvalue weighted by Gasteiger charge is 2.72. The highest BCUT2D eigenvalue weighted by Crippen LogP contribution is 2.69. The van der Waals surface area contributed by atoms with Gasteiger partial charge in [0.15, 0.2) is 0 Å². The molecule has 7 nitrogen and oxygen atoms in total.